The molecule has 2 aromatic rings. The molecular weight excluding hydrogens is 420 g/mol. The summed E-state index contributed by atoms with van der Waals surface area (Å²) < 4.78 is 27.6. The smallest absolute Gasteiger partial charge is 0.261 e. The molecule has 1 N–H and O–H groups in total. The molecule has 0 aromatic heterocycles. The van der Waals surface area contributed by atoms with Gasteiger partial charge in [0, 0.05) is 9.50 Å². The fraction of sp³-hybridized carbons (Fsp3) is 0.0769. The Balaban J connectivity index is 2.42. The van der Waals surface area contributed by atoms with Crippen LogP contribution in [0.25, 0.3) is 0 Å². The molecule has 0 atom stereocenters. The number of hydrogen-bond donors (Lipinski definition) is 1. The van der Waals surface area contributed by atoms with Crippen molar-refractivity contribution in [3.05, 3.63) is 55.4 Å². The van der Waals surface area contributed by atoms with Crippen molar-refractivity contribution in [2.75, 3.05) is 4.72 Å². The van der Waals surface area contributed by atoms with Gasteiger partial charge in [-0.25, -0.2) is 8.42 Å². The minimum Gasteiger partial charge on any atom is -0.278 e. The van der Waals surface area contributed by atoms with E-state index in [0.717, 1.165) is 5.56 Å². The van der Waals surface area contributed by atoms with Crippen LogP contribution in [0.1, 0.15) is 5.56 Å². The van der Waals surface area contributed by atoms with Crippen molar-refractivity contribution in [2.24, 2.45) is 0 Å². The highest BCUT2D eigenvalue weighted by molar-refractivity contribution is 9.10. The zero-order chi connectivity index (χ0) is 15.8. The first-order valence-corrected chi connectivity index (χ1v) is 9.05. The number of aryl methyl sites for hydroxylation is 1. The molecule has 112 valence electrons. The van der Waals surface area contributed by atoms with E-state index in [1.54, 1.807) is 13.0 Å². The maximum absolute atomic E-state index is 12.3. The van der Waals surface area contributed by atoms with Gasteiger partial charge >= 0.3 is 0 Å². The second-order valence-electron chi connectivity index (χ2n) is 4.26. The molecule has 2 aromatic carbocycles. The van der Waals surface area contributed by atoms with Crippen molar-refractivity contribution in [1.29, 1.82) is 0 Å². The second-order valence-corrected chi connectivity index (χ2v) is 8.02. The Morgan fingerprint density at radius 1 is 1.00 bits per heavy atom. The van der Waals surface area contributed by atoms with E-state index >= 15 is 0 Å². The minimum absolute atomic E-state index is 0.0616. The van der Waals surface area contributed by atoms with Crippen LogP contribution in [0, 0.1) is 6.92 Å². The van der Waals surface area contributed by atoms with Crippen LogP contribution in [0.4, 0.5) is 5.69 Å². The van der Waals surface area contributed by atoms with Crippen molar-refractivity contribution in [3.8, 4) is 0 Å². The summed E-state index contributed by atoms with van der Waals surface area (Å²) in [4.78, 5) is 0.0616. The predicted octanol–water partition coefficient (Wildman–Crippen LogP) is 5.52. The highest BCUT2D eigenvalue weighted by atomic mass is 79.9. The first-order valence-electron chi connectivity index (χ1n) is 5.64. The Bertz CT molecular complexity index is 809. The summed E-state index contributed by atoms with van der Waals surface area (Å²) in [6.45, 7) is 1.78. The van der Waals surface area contributed by atoms with Gasteiger partial charge in [-0.15, -0.1) is 0 Å². The molecule has 2 rings (SSSR count). The first kappa shape index (κ1) is 16.9. The van der Waals surface area contributed by atoms with E-state index in [1.165, 1.54) is 24.3 Å². The standard InChI is InChI=1S/C13H9BrCl3NO2S/c1-7-4-12(17)13(6-11(7)16)18-21(19,20)8-2-3-10(15)9(14)5-8/h2-6,18H,1H3. The number of nitrogens with one attached hydrogen (secondary N) is 1. The van der Waals surface area contributed by atoms with Crippen LogP contribution in [-0.4, -0.2) is 8.42 Å². The Labute approximate surface area is 146 Å². The lowest BCUT2D eigenvalue weighted by atomic mass is 10.2. The number of sulfonamides is 1. The van der Waals surface area contributed by atoms with E-state index in [-0.39, 0.29) is 15.6 Å². The van der Waals surface area contributed by atoms with Crippen molar-refractivity contribution < 1.29 is 8.42 Å². The summed E-state index contributed by atoms with van der Waals surface area (Å²) in [7, 11) is -3.79. The van der Waals surface area contributed by atoms with Crippen molar-refractivity contribution in [3.63, 3.8) is 0 Å². The van der Waals surface area contributed by atoms with E-state index in [1.807, 2.05) is 0 Å². The zero-order valence-electron chi connectivity index (χ0n) is 10.6. The summed E-state index contributed by atoms with van der Waals surface area (Å²) in [5.74, 6) is 0. The molecule has 0 unspecified atom stereocenters. The SMILES string of the molecule is Cc1cc(Cl)c(NS(=O)(=O)c2ccc(Cl)c(Br)c2)cc1Cl. The summed E-state index contributed by atoms with van der Waals surface area (Å²) in [5, 5.41) is 1.12. The van der Waals surface area contributed by atoms with Crippen LogP contribution in [0.5, 0.6) is 0 Å². The van der Waals surface area contributed by atoms with Gasteiger partial charge in [0.1, 0.15) is 0 Å². The Hall–Kier alpha value is -0.460. The maximum Gasteiger partial charge on any atom is 0.261 e. The Morgan fingerprint density at radius 2 is 1.67 bits per heavy atom. The van der Waals surface area contributed by atoms with Gasteiger partial charge in [0.25, 0.3) is 10.0 Å². The molecule has 0 saturated carbocycles. The number of hydrogen-bond acceptors (Lipinski definition) is 2. The number of rotatable bonds is 3. The summed E-state index contributed by atoms with van der Waals surface area (Å²) in [5.41, 5.74) is 0.984. The number of anilines is 1. The number of benzene rings is 2. The van der Waals surface area contributed by atoms with Gasteiger partial charge in [-0.3, -0.25) is 4.72 Å². The molecule has 0 radical (unpaired) electrons. The summed E-state index contributed by atoms with van der Waals surface area (Å²) >= 11 is 21.1. The molecule has 8 heteroatoms. The van der Waals surface area contributed by atoms with E-state index < -0.39 is 10.0 Å². The van der Waals surface area contributed by atoms with E-state index in [2.05, 4.69) is 20.7 Å². The molecule has 0 aliphatic rings. The normalized spacial score (nSPS) is 11.5. The third-order valence-corrected chi connectivity index (χ3v) is 5.99. The van der Waals surface area contributed by atoms with Crippen LogP contribution >= 0.6 is 50.7 Å². The average Bonchev–Trinajstić information content (AvgIpc) is 2.39. The van der Waals surface area contributed by atoms with Gasteiger partial charge in [-0.2, -0.15) is 0 Å². The molecule has 0 amide bonds. The Kier molecular flexibility index (Phi) is 5.11. The Morgan fingerprint density at radius 3 is 2.29 bits per heavy atom. The molecule has 0 bridgehead atoms. The summed E-state index contributed by atoms with van der Waals surface area (Å²) in [6.07, 6.45) is 0. The van der Waals surface area contributed by atoms with E-state index in [4.69, 9.17) is 34.8 Å². The van der Waals surface area contributed by atoms with Crippen LogP contribution in [0.15, 0.2) is 39.7 Å². The fourth-order valence-electron chi connectivity index (χ4n) is 1.57. The van der Waals surface area contributed by atoms with Crippen molar-refractivity contribution in [1.82, 2.24) is 0 Å². The van der Waals surface area contributed by atoms with Crippen LogP contribution in [0.2, 0.25) is 15.1 Å². The lowest BCUT2D eigenvalue weighted by Crippen LogP contribution is -2.13. The van der Waals surface area contributed by atoms with Gasteiger partial charge in [-0.1, -0.05) is 34.8 Å². The molecular formula is C13H9BrCl3NO2S. The van der Waals surface area contributed by atoms with E-state index in [0.29, 0.717) is 14.5 Å². The van der Waals surface area contributed by atoms with Crippen LogP contribution in [0.3, 0.4) is 0 Å². The largest absolute Gasteiger partial charge is 0.278 e. The van der Waals surface area contributed by atoms with Gasteiger partial charge in [0.05, 0.1) is 20.6 Å². The van der Waals surface area contributed by atoms with Gasteiger partial charge in [0.15, 0.2) is 0 Å². The van der Waals surface area contributed by atoms with Gasteiger partial charge < -0.3 is 0 Å². The molecule has 0 saturated heterocycles. The topological polar surface area (TPSA) is 46.2 Å². The molecule has 0 spiro atoms. The molecule has 0 aliphatic heterocycles. The molecule has 0 aliphatic carbocycles. The van der Waals surface area contributed by atoms with Gasteiger partial charge in [-0.05, 0) is 58.7 Å². The quantitative estimate of drug-likeness (QED) is 0.698. The molecule has 3 nitrogen and oxygen atoms in total. The van der Waals surface area contributed by atoms with Crippen molar-refractivity contribution >= 4 is 66.4 Å². The van der Waals surface area contributed by atoms with Crippen LogP contribution in [-0.2, 0) is 10.0 Å². The first-order chi connectivity index (χ1) is 9.70. The third-order valence-electron chi connectivity index (χ3n) is 2.69. The van der Waals surface area contributed by atoms with Crippen molar-refractivity contribution in [2.45, 2.75) is 11.8 Å². The monoisotopic (exact) mass is 427 g/mol. The highest BCUT2D eigenvalue weighted by Gasteiger charge is 2.17. The average molecular weight is 430 g/mol. The fourth-order valence-corrected chi connectivity index (χ4v) is 3.80. The summed E-state index contributed by atoms with van der Waals surface area (Å²) in [6, 6.07) is 7.37. The molecule has 21 heavy (non-hydrogen) atoms. The maximum atomic E-state index is 12.3. The zero-order valence-corrected chi connectivity index (χ0v) is 15.3. The number of halogens is 4. The van der Waals surface area contributed by atoms with Crippen LogP contribution < -0.4 is 4.72 Å². The molecule has 0 heterocycles. The predicted molar refractivity (Wildman–Crippen MR) is 91.2 cm³/mol. The highest BCUT2D eigenvalue weighted by Crippen LogP contribution is 2.31. The second kappa shape index (κ2) is 6.34. The van der Waals surface area contributed by atoms with E-state index in [9.17, 15) is 8.42 Å². The van der Waals surface area contributed by atoms with Gasteiger partial charge in [0.2, 0.25) is 0 Å². The minimum atomic E-state index is -3.79. The molecule has 0 fully saturated rings. The third kappa shape index (κ3) is 3.85. The lowest BCUT2D eigenvalue weighted by molar-refractivity contribution is 0.601. The lowest BCUT2D eigenvalue weighted by Gasteiger charge is -2.11.